The number of aromatic nitrogens is 6. The van der Waals surface area contributed by atoms with Crippen LogP contribution in [0.15, 0.2) is 30.6 Å². The Morgan fingerprint density at radius 1 is 1.33 bits per heavy atom. The van der Waals surface area contributed by atoms with Gasteiger partial charge in [0.15, 0.2) is 5.82 Å². The Kier molecular flexibility index (Phi) is 3.27. The Labute approximate surface area is 119 Å². The number of aliphatic carboxylic acids is 1. The smallest absolute Gasteiger partial charge is 0.305 e. The fourth-order valence-electron chi connectivity index (χ4n) is 2.18. The molecule has 1 N–H and O–H groups in total. The van der Waals surface area contributed by atoms with Crippen molar-refractivity contribution in [2.45, 2.75) is 19.4 Å². The average molecular weight is 284 g/mol. The highest BCUT2D eigenvalue weighted by Crippen LogP contribution is 2.26. The van der Waals surface area contributed by atoms with E-state index in [0.717, 1.165) is 11.1 Å². The Morgan fingerprint density at radius 2 is 2.14 bits per heavy atom. The maximum Gasteiger partial charge on any atom is 0.305 e. The Balaban J connectivity index is 2.12. The van der Waals surface area contributed by atoms with Crippen LogP contribution >= 0.6 is 0 Å². The molecule has 106 valence electrons. The SMILES string of the molecule is CC(CC(=O)O)n1nnnc1-c1cccc2nccnc12. The zero-order chi connectivity index (χ0) is 14.8. The number of benzene rings is 1. The summed E-state index contributed by atoms with van der Waals surface area (Å²) in [5.41, 5.74) is 2.14. The standard InChI is InChI=1S/C13H12N6O2/c1-8(7-11(20)21)19-13(16-17-18-19)9-3-2-4-10-12(9)15-6-5-14-10/h2-6,8H,7H2,1H3,(H,20,21). The second-order valence-corrected chi connectivity index (χ2v) is 4.62. The van der Waals surface area contributed by atoms with Gasteiger partial charge >= 0.3 is 5.97 Å². The van der Waals surface area contributed by atoms with Crippen LogP contribution in [-0.4, -0.2) is 41.3 Å². The van der Waals surface area contributed by atoms with Crippen molar-refractivity contribution < 1.29 is 9.90 Å². The third-order valence-electron chi connectivity index (χ3n) is 3.12. The zero-order valence-electron chi connectivity index (χ0n) is 11.2. The number of carboxylic acids is 1. The van der Waals surface area contributed by atoms with Crippen LogP contribution in [0, 0.1) is 0 Å². The molecule has 1 atom stereocenters. The Hall–Kier alpha value is -2.90. The molecule has 0 radical (unpaired) electrons. The normalized spacial score (nSPS) is 12.4. The van der Waals surface area contributed by atoms with Crippen LogP contribution in [-0.2, 0) is 4.79 Å². The zero-order valence-corrected chi connectivity index (χ0v) is 11.2. The van der Waals surface area contributed by atoms with Gasteiger partial charge < -0.3 is 5.11 Å². The number of fused-ring (bicyclic) bond motifs is 1. The minimum Gasteiger partial charge on any atom is -0.481 e. The fourth-order valence-corrected chi connectivity index (χ4v) is 2.18. The largest absolute Gasteiger partial charge is 0.481 e. The van der Waals surface area contributed by atoms with Gasteiger partial charge in [0, 0.05) is 18.0 Å². The van der Waals surface area contributed by atoms with Gasteiger partial charge in [-0.15, -0.1) is 5.10 Å². The fraction of sp³-hybridized carbons (Fsp3) is 0.231. The van der Waals surface area contributed by atoms with Crippen molar-refractivity contribution in [3.8, 4) is 11.4 Å². The van der Waals surface area contributed by atoms with Gasteiger partial charge in [-0.1, -0.05) is 6.07 Å². The van der Waals surface area contributed by atoms with E-state index in [1.165, 1.54) is 4.68 Å². The van der Waals surface area contributed by atoms with Crippen molar-refractivity contribution in [1.82, 2.24) is 30.2 Å². The molecule has 21 heavy (non-hydrogen) atoms. The molecular formula is C13H12N6O2. The minimum atomic E-state index is -0.901. The molecule has 0 bridgehead atoms. The summed E-state index contributed by atoms with van der Waals surface area (Å²) in [5.74, 6) is -0.420. The molecular weight excluding hydrogens is 272 g/mol. The Morgan fingerprint density at radius 3 is 2.95 bits per heavy atom. The van der Waals surface area contributed by atoms with E-state index in [1.807, 2.05) is 18.2 Å². The van der Waals surface area contributed by atoms with Gasteiger partial charge in [0.1, 0.15) is 0 Å². The van der Waals surface area contributed by atoms with Gasteiger partial charge in [-0.2, -0.15) is 0 Å². The molecule has 0 aliphatic heterocycles. The van der Waals surface area contributed by atoms with Crippen LogP contribution in [0.25, 0.3) is 22.4 Å². The van der Waals surface area contributed by atoms with Gasteiger partial charge in [0.05, 0.1) is 23.5 Å². The number of para-hydroxylation sites is 1. The van der Waals surface area contributed by atoms with E-state index in [2.05, 4.69) is 25.5 Å². The molecule has 1 unspecified atom stereocenters. The summed E-state index contributed by atoms with van der Waals surface area (Å²) in [4.78, 5) is 19.4. The van der Waals surface area contributed by atoms with Crippen LogP contribution in [0.2, 0.25) is 0 Å². The third-order valence-corrected chi connectivity index (χ3v) is 3.12. The third kappa shape index (κ3) is 2.42. The van der Waals surface area contributed by atoms with Gasteiger partial charge in [0.2, 0.25) is 0 Å². The molecule has 1 aromatic carbocycles. The van der Waals surface area contributed by atoms with E-state index >= 15 is 0 Å². The van der Waals surface area contributed by atoms with Crippen LogP contribution in [0.3, 0.4) is 0 Å². The van der Waals surface area contributed by atoms with Crippen molar-refractivity contribution in [3.63, 3.8) is 0 Å². The van der Waals surface area contributed by atoms with Crippen LogP contribution in [0.4, 0.5) is 0 Å². The maximum absolute atomic E-state index is 10.9. The summed E-state index contributed by atoms with van der Waals surface area (Å²) >= 11 is 0. The molecule has 2 aromatic heterocycles. The van der Waals surface area contributed by atoms with Crippen molar-refractivity contribution in [2.24, 2.45) is 0 Å². The van der Waals surface area contributed by atoms with Crippen LogP contribution in [0.1, 0.15) is 19.4 Å². The predicted molar refractivity (Wildman–Crippen MR) is 73.3 cm³/mol. The van der Waals surface area contributed by atoms with Gasteiger partial charge in [-0.05, 0) is 29.5 Å². The lowest BCUT2D eigenvalue weighted by atomic mass is 10.1. The van der Waals surface area contributed by atoms with Gasteiger partial charge in [-0.3, -0.25) is 14.8 Å². The molecule has 8 nitrogen and oxygen atoms in total. The first kappa shape index (κ1) is 13.1. The van der Waals surface area contributed by atoms with E-state index < -0.39 is 5.97 Å². The maximum atomic E-state index is 10.9. The van der Waals surface area contributed by atoms with Crippen LogP contribution in [0.5, 0.6) is 0 Å². The van der Waals surface area contributed by atoms with E-state index in [0.29, 0.717) is 11.3 Å². The van der Waals surface area contributed by atoms with Crippen molar-refractivity contribution in [1.29, 1.82) is 0 Å². The van der Waals surface area contributed by atoms with E-state index in [4.69, 9.17) is 5.11 Å². The van der Waals surface area contributed by atoms with Crippen molar-refractivity contribution in [3.05, 3.63) is 30.6 Å². The first-order valence-corrected chi connectivity index (χ1v) is 6.36. The highest BCUT2D eigenvalue weighted by Gasteiger charge is 2.19. The number of hydrogen-bond donors (Lipinski definition) is 1. The van der Waals surface area contributed by atoms with Crippen LogP contribution < -0.4 is 0 Å². The highest BCUT2D eigenvalue weighted by molar-refractivity contribution is 5.89. The number of carbonyl (C=O) groups is 1. The molecule has 0 saturated heterocycles. The molecule has 0 aliphatic rings. The monoisotopic (exact) mass is 284 g/mol. The molecule has 0 fully saturated rings. The number of tetrazole rings is 1. The lowest BCUT2D eigenvalue weighted by molar-refractivity contribution is -0.137. The topological polar surface area (TPSA) is 107 Å². The number of carboxylic acid groups (broad SMARTS) is 1. The highest BCUT2D eigenvalue weighted by atomic mass is 16.4. The summed E-state index contributed by atoms with van der Waals surface area (Å²) in [6, 6.07) is 5.17. The molecule has 0 amide bonds. The van der Waals surface area contributed by atoms with Crippen molar-refractivity contribution >= 4 is 17.0 Å². The molecule has 3 aromatic rings. The number of rotatable bonds is 4. The van der Waals surface area contributed by atoms with E-state index in [9.17, 15) is 4.79 Å². The summed E-state index contributed by atoms with van der Waals surface area (Å²) in [6.45, 7) is 1.75. The molecule has 0 saturated carbocycles. The summed E-state index contributed by atoms with van der Waals surface area (Å²) < 4.78 is 1.50. The number of nitrogens with zero attached hydrogens (tertiary/aromatic N) is 6. The summed E-state index contributed by atoms with van der Waals surface area (Å²) in [6.07, 6.45) is 3.15. The lowest BCUT2D eigenvalue weighted by Gasteiger charge is -2.11. The Bertz CT molecular complexity index is 795. The predicted octanol–water partition coefficient (Wildman–Crippen LogP) is 1.32. The van der Waals surface area contributed by atoms with E-state index in [-0.39, 0.29) is 12.5 Å². The van der Waals surface area contributed by atoms with Gasteiger partial charge in [-0.25, -0.2) is 4.68 Å². The molecule has 2 heterocycles. The lowest BCUT2D eigenvalue weighted by Crippen LogP contribution is -2.13. The summed E-state index contributed by atoms with van der Waals surface area (Å²) in [7, 11) is 0. The first-order chi connectivity index (χ1) is 10.2. The average Bonchev–Trinajstić information content (AvgIpc) is 2.95. The molecule has 0 spiro atoms. The molecule has 0 aliphatic carbocycles. The minimum absolute atomic E-state index is 0.0610. The first-order valence-electron chi connectivity index (χ1n) is 6.36. The number of hydrogen-bond acceptors (Lipinski definition) is 6. The molecule has 8 heteroatoms. The quantitative estimate of drug-likeness (QED) is 0.769. The van der Waals surface area contributed by atoms with Gasteiger partial charge in [0.25, 0.3) is 0 Å². The second-order valence-electron chi connectivity index (χ2n) is 4.62. The van der Waals surface area contributed by atoms with Crippen molar-refractivity contribution in [2.75, 3.05) is 0 Å². The van der Waals surface area contributed by atoms with E-state index in [1.54, 1.807) is 19.3 Å². The molecule has 3 rings (SSSR count). The second kappa shape index (κ2) is 5.23. The summed E-state index contributed by atoms with van der Waals surface area (Å²) in [5, 5.41) is 20.5.